The molecule has 0 unspecified atom stereocenters. The highest BCUT2D eigenvalue weighted by Crippen LogP contribution is 2.39. The molecule has 4 heterocycles. The molecule has 7 nitrogen and oxygen atoms in total. The van der Waals surface area contributed by atoms with Crippen LogP contribution in [0.3, 0.4) is 0 Å². The summed E-state index contributed by atoms with van der Waals surface area (Å²) in [5.74, 6) is 1.75. The van der Waals surface area contributed by atoms with E-state index in [1.165, 1.54) is 19.4 Å². The van der Waals surface area contributed by atoms with Gasteiger partial charge in [-0.05, 0) is 63.5 Å². The second-order valence-electron chi connectivity index (χ2n) is 8.88. The molecule has 0 atom stereocenters. The molecule has 0 amide bonds. The van der Waals surface area contributed by atoms with E-state index < -0.39 is 0 Å². The number of aromatic nitrogens is 3. The van der Waals surface area contributed by atoms with Gasteiger partial charge in [-0.2, -0.15) is 10.4 Å². The topological polar surface area (TPSA) is 81.0 Å². The predicted octanol–water partition coefficient (Wildman–Crippen LogP) is 3.41. The van der Waals surface area contributed by atoms with E-state index in [2.05, 4.69) is 44.5 Å². The number of nitrogens with zero attached hydrogens (tertiary/aromatic N) is 6. The number of aryl methyl sites for hydroxylation is 1. The Morgan fingerprint density at radius 2 is 2.03 bits per heavy atom. The Morgan fingerprint density at radius 1 is 1.19 bits per heavy atom. The highest BCUT2D eigenvalue weighted by atomic mass is 15.4. The molecule has 0 bridgehead atoms. The van der Waals surface area contributed by atoms with Crippen LogP contribution in [-0.4, -0.2) is 52.3 Å². The van der Waals surface area contributed by atoms with E-state index in [0.29, 0.717) is 17.6 Å². The van der Waals surface area contributed by atoms with Gasteiger partial charge in [0.1, 0.15) is 5.82 Å². The third-order valence-corrected chi connectivity index (χ3v) is 7.09. The van der Waals surface area contributed by atoms with E-state index in [0.717, 1.165) is 52.3 Å². The van der Waals surface area contributed by atoms with Crippen LogP contribution < -0.4 is 10.2 Å². The number of hydrogen-bond acceptors (Lipinski definition) is 7. The summed E-state index contributed by atoms with van der Waals surface area (Å²) in [5, 5.41) is 23.6. The molecule has 2 aliphatic rings. The lowest BCUT2D eigenvalue weighted by Gasteiger charge is -2.52. The fourth-order valence-corrected chi connectivity index (χ4v) is 4.94. The molecule has 1 N–H and O–H groups in total. The van der Waals surface area contributed by atoms with Crippen molar-refractivity contribution in [3.63, 3.8) is 0 Å². The molecule has 0 radical (unpaired) electrons. The maximum atomic E-state index is 9.30. The van der Waals surface area contributed by atoms with Crippen molar-refractivity contribution < 1.29 is 0 Å². The summed E-state index contributed by atoms with van der Waals surface area (Å²) in [7, 11) is 2.24. The second-order valence-corrected chi connectivity index (χ2v) is 8.88. The van der Waals surface area contributed by atoms with E-state index >= 15 is 0 Å². The van der Waals surface area contributed by atoms with Crippen molar-refractivity contribution in [3.05, 3.63) is 52.8 Å². The number of likely N-dealkylation sites (N-methyl/N-ethyl adjacent to an activating group) is 1. The fourth-order valence-electron chi connectivity index (χ4n) is 4.94. The highest BCUT2D eigenvalue weighted by Gasteiger charge is 2.48. The summed E-state index contributed by atoms with van der Waals surface area (Å²) in [6.45, 7) is 7.78. The number of nitriles is 1. The first-order chi connectivity index (χ1) is 15.0. The van der Waals surface area contributed by atoms with Gasteiger partial charge in [-0.25, -0.2) is 4.98 Å². The van der Waals surface area contributed by atoms with E-state index in [-0.39, 0.29) is 0 Å². The number of benzene rings is 1. The number of fused-ring (bicyclic) bond motifs is 1. The lowest BCUT2D eigenvalue weighted by atomic mass is 9.87. The fraction of sp³-hybridized carbons (Fsp3) is 0.417. The van der Waals surface area contributed by atoms with Crippen LogP contribution in [-0.2, 0) is 6.54 Å². The summed E-state index contributed by atoms with van der Waals surface area (Å²) >= 11 is 0. The lowest BCUT2D eigenvalue weighted by molar-refractivity contribution is 0.132. The van der Waals surface area contributed by atoms with Gasteiger partial charge in [-0.3, -0.25) is 4.90 Å². The molecule has 2 aliphatic heterocycles. The monoisotopic (exact) mass is 413 g/mol. The van der Waals surface area contributed by atoms with Crippen LogP contribution in [0.5, 0.6) is 0 Å². The normalized spacial score (nSPS) is 17.7. The van der Waals surface area contributed by atoms with Gasteiger partial charge in [0.05, 0.1) is 22.9 Å². The SMILES string of the molecule is Cc1c(C#N)cccc1CNc1nnc(C)c2cnc(N3CC4(CCCN4C)C3)cc12. The Kier molecular flexibility index (Phi) is 4.75. The van der Waals surface area contributed by atoms with Gasteiger partial charge in [0.15, 0.2) is 5.82 Å². The zero-order valence-corrected chi connectivity index (χ0v) is 18.3. The van der Waals surface area contributed by atoms with E-state index in [4.69, 9.17) is 4.98 Å². The Morgan fingerprint density at radius 3 is 2.77 bits per heavy atom. The smallest absolute Gasteiger partial charge is 0.157 e. The first-order valence-electron chi connectivity index (χ1n) is 10.8. The molecule has 2 saturated heterocycles. The van der Waals surface area contributed by atoms with Crippen molar-refractivity contribution in [1.82, 2.24) is 20.1 Å². The summed E-state index contributed by atoms with van der Waals surface area (Å²) in [6, 6.07) is 10.2. The van der Waals surface area contributed by atoms with Crippen molar-refractivity contribution in [1.29, 1.82) is 5.26 Å². The van der Waals surface area contributed by atoms with Crippen molar-refractivity contribution in [3.8, 4) is 6.07 Å². The van der Waals surface area contributed by atoms with Gasteiger partial charge < -0.3 is 10.2 Å². The summed E-state index contributed by atoms with van der Waals surface area (Å²) in [6.07, 6.45) is 4.47. The van der Waals surface area contributed by atoms with Crippen LogP contribution in [0, 0.1) is 25.2 Å². The number of rotatable bonds is 4. The van der Waals surface area contributed by atoms with Crippen LogP contribution >= 0.6 is 0 Å². The Bertz CT molecular complexity index is 1190. The van der Waals surface area contributed by atoms with Crippen LogP contribution in [0.25, 0.3) is 10.8 Å². The van der Waals surface area contributed by atoms with Crippen LogP contribution in [0.1, 0.15) is 35.2 Å². The van der Waals surface area contributed by atoms with Crippen molar-refractivity contribution >= 4 is 22.4 Å². The Balaban J connectivity index is 1.42. The molecule has 158 valence electrons. The van der Waals surface area contributed by atoms with Crippen LogP contribution in [0.2, 0.25) is 0 Å². The third kappa shape index (κ3) is 3.28. The van der Waals surface area contributed by atoms with Crippen molar-refractivity contribution in [2.24, 2.45) is 0 Å². The summed E-state index contributed by atoms with van der Waals surface area (Å²) < 4.78 is 0. The van der Waals surface area contributed by atoms with E-state index in [1.807, 2.05) is 38.2 Å². The van der Waals surface area contributed by atoms with Gasteiger partial charge in [0, 0.05) is 36.6 Å². The van der Waals surface area contributed by atoms with Crippen molar-refractivity contribution in [2.75, 3.05) is 36.9 Å². The minimum atomic E-state index is 0.327. The molecule has 3 aromatic rings. The van der Waals surface area contributed by atoms with Crippen molar-refractivity contribution in [2.45, 2.75) is 38.8 Å². The maximum Gasteiger partial charge on any atom is 0.157 e. The molecule has 7 heteroatoms. The molecular weight excluding hydrogens is 386 g/mol. The van der Waals surface area contributed by atoms with Gasteiger partial charge in [0.25, 0.3) is 0 Å². The number of anilines is 2. The molecule has 31 heavy (non-hydrogen) atoms. The van der Waals surface area contributed by atoms with Crippen LogP contribution in [0.15, 0.2) is 30.5 Å². The molecule has 5 rings (SSSR count). The average molecular weight is 414 g/mol. The zero-order valence-electron chi connectivity index (χ0n) is 18.3. The van der Waals surface area contributed by atoms with E-state index in [1.54, 1.807) is 0 Å². The van der Waals surface area contributed by atoms with Gasteiger partial charge in [0.2, 0.25) is 0 Å². The molecule has 1 spiro atoms. The quantitative estimate of drug-likeness (QED) is 0.702. The third-order valence-electron chi connectivity index (χ3n) is 7.09. The molecular formula is C24H27N7. The highest BCUT2D eigenvalue weighted by molar-refractivity contribution is 5.94. The Hall–Kier alpha value is -3.24. The van der Waals surface area contributed by atoms with Gasteiger partial charge in [-0.15, -0.1) is 5.10 Å². The molecule has 0 saturated carbocycles. The summed E-state index contributed by atoms with van der Waals surface area (Å²) in [5.41, 5.74) is 3.98. The first kappa shape index (κ1) is 19.7. The summed E-state index contributed by atoms with van der Waals surface area (Å²) in [4.78, 5) is 9.61. The van der Waals surface area contributed by atoms with E-state index in [9.17, 15) is 5.26 Å². The minimum absolute atomic E-state index is 0.327. The molecule has 2 fully saturated rings. The first-order valence-corrected chi connectivity index (χ1v) is 10.8. The standard InChI is InChI=1S/C24H27N7/c1-16-18(11-25)6-4-7-19(16)12-27-23-20-10-22(26-13-21(20)17(2)28-29-23)31-14-24(15-31)8-5-9-30(24)3/h4,6-7,10,13H,5,8-9,12,14-15H2,1-3H3,(H,27,29). The minimum Gasteiger partial charge on any atom is -0.364 e. The van der Waals surface area contributed by atoms with Crippen LogP contribution in [0.4, 0.5) is 11.6 Å². The number of hydrogen-bond donors (Lipinski definition) is 1. The van der Waals surface area contributed by atoms with Gasteiger partial charge in [-0.1, -0.05) is 12.1 Å². The zero-order chi connectivity index (χ0) is 21.6. The number of nitrogens with one attached hydrogen (secondary N) is 1. The Labute approximate surface area is 182 Å². The second kappa shape index (κ2) is 7.47. The van der Waals surface area contributed by atoms with Gasteiger partial charge >= 0.3 is 0 Å². The predicted molar refractivity (Wildman–Crippen MR) is 122 cm³/mol. The maximum absolute atomic E-state index is 9.30. The average Bonchev–Trinajstić information content (AvgIpc) is 3.14. The number of pyridine rings is 1. The number of likely N-dealkylation sites (tertiary alicyclic amines) is 1. The molecule has 0 aliphatic carbocycles. The largest absolute Gasteiger partial charge is 0.364 e. The molecule has 1 aromatic carbocycles. The molecule has 2 aromatic heterocycles. The lowest BCUT2D eigenvalue weighted by Crippen LogP contribution is -2.67.